The maximum atomic E-state index is 13.3. The molecule has 98 valence electrons. The van der Waals surface area contributed by atoms with Gasteiger partial charge in [0.15, 0.2) is 0 Å². The summed E-state index contributed by atoms with van der Waals surface area (Å²) in [6, 6.07) is 4.95. The molecule has 0 spiro atoms. The predicted octanol–water partition coefficient (Wildman–Crippen LogP) is 4.88. The molecule has 1 aromatic carbocycles. The highest BCUT2D eigenvalue weighted by Gasteiger charge is 2.31. The Hall–Kier alpha value is -1.41. The van der Waals surface area contributed by atoms with Crippen LogP contribution in [0, 0.1) is 17.1 Å². The monoisotopic (exact) mass is 275 g/mol. The molecule has 0 bridgehead atoms. The zero-order valence-electron chi connectivity index (χ0n) is 10.5. The molecule has 2 aliphatic rings. The van der Waals surface area contributed by atoms with Crippen molar-refractivity contribution >= 4 is 17.3 Å². The highest BCUT2D eigenvalue weighted by Crippen LogP contribution is 2.42. The number of benzene rings is 1. The van der Waals surface area contributed by atoms with Gasteiger partial charge in [0.05, 0.1) is 5.02 Å². The van der Waals surface area contributed by atoms with E-state index in [4.69, 9.17) is 17.0 Å². The van der Waals surface area contributed by atoms with E-state index in [1.807, 2.05) is 6.08 Å². The predicted molar refractivity (Wildman–Crippen MR) is 76.4 cm³/mol. The molecule has 3 heteroatoms. The first-order valence-corrected chi connectivity index (χ1v) is 6.93. The minimum atomic E-state index is -0.379. The largest absolute Gasteiger partial charge is 0.305 e. The minimum Gasteiger partial charge on any atom is -0.305 e. The number of rotatable bonds is 1. The lowest BCUT2D eigenvalue weighted by Crippen LogP contribution is -2.24. The van der Waals surface area contributed by atoms with Gasteiger partial charge in [-0.25, -0.2) is 4.39 Å². The topological polar surface area (TPSA) is 23.9 Å². The van der Waals surface area contributed by atoms with Crippen molar-refractivity contribution in [3.05, 3.63) is 58.4 Å². The van der Waals surface area contributed by atoms with Gasteiger partial charge in [-0.2, -0.15) is 0 Å². The van der Waals surface area contributed by atoms with E-state index in [-0.39, 0.29) is 16.8 Å². The SMILES string of the molecule is N=C1C=C2C=CCCC2C(c2ccc(F)c(Cl)c2)C1. The first-order valence-electron chi connectivity index (χ1n) is 6.55. The molecule has 0 radical (unpaired) electrons. The summed E-state index contributed by atoms with van der Waals surface area (Å²) in [6.45, 7) is 0. The Morgan fingerprint density at radius 1 is 1.26 bits per heavy atom. The second-order valence-electron chi connectivity index (χ2n) is 5.24. The van der Waals surface area contributed by atoms with Gasteiger partial charge in [0.25, 0.3) is 0 Å². The fourth-order valence-electron chi connectivity index (χ4n) is 3.11. The Morgan fingerprint density at radius 2 is 2.11 bits per heavy atom. The highest BCUT2D eigenvalue weighted by molar-refractivity contribution is 6.30. The maximum Gasteiger partial charge on any atom is 0.141 e. The van der Waals surface area contributed by atoms with Gasteiger partial charge in [-0.1, -0.05) is 29.8 Å². The smallest absolute Gasteiger partial charge is 0.141 e. The molecule has 0 aliphatic heterocycles. The lowest BCUT2D eigenvalue weighted by molar-refractivity contribution is 0.455. The summed E-state index contributed by atoms with van der Waals surface area (Å²) in [5, 5.41) is 8.14. The van der Waals surface area contributed by atoms with Crippen LogP contribution in [0.15, 0.2) is 42.0 Å². The molecule has 0 fully saturated rings. The van der Waals surface area contributed by atoms with Crippen LogP contribution in [0.5, 0.6) is 0 Å². The molecule has 0 saturated carbocycles. The second-order valence-corrected chi connectivity index (χ2v) is 5.65. The van der Waals surface area contributed by atoms with Crippen molar-refractivity contribution in [2.75, 3.05) is 0 Å². The molecule has 0 saturated heterocycles. The third-order valence-corrected chi connectivity index (χ3v) is 4.31. The third-order valence-electron chi connectivity index (χ3n) is 4.02. The summed E-state index contributed by atoms with van der Waals surface area (Å²) >= 11 is 5.89. The van der Waals surface area contributed by atoms with Crippen molar-refractivity contribution in [3.8, 4) is 0 Å². The van der Waals surface area contributed by atoms with Crippen molar-refractivity contribution in [2.45, 2.75) is 25.2 Å². The molecule has 1 aromatic rings. The van der Waals surface area contributed by atoms with E-state index in [9.17, 15) is 4.39 Å². The average molecular weight is 276 g/mol. The Kier molecular flexibility index (Phi) is 3.28. The number of hydrogen-bond donors (Lipinski definition) is 1. The zero-order chi connectivity index (χ0) is 13.4. The zero-order valence-corrected chi connectivity index (χ0v) is 11.3. The fraction of sp³-hybridized carbons (Fsp3) is 0.312. The van der Waals surface area contributed by atoms with E-state index in [0.717, 1.165) is 18.4 Å². The first kappa shape index (κ1) is 12.6. The second kappa shape index (κ2) is 4.93. The molecule has 2 atom stereocenters. The van der Waals surface area contributed by atoms with E-state index < -0.39 is 0 Å². The molecular formula is C16H15ClFN. The quantitative estimate of drug-likeness (QED) is 0.755. The van der Waals surface area contributed by atoms with Gasteiger partial charge in [0.1, 0.15) is 5.82 Å². The normalized spacial score (nSPS) is 26.0. The molecule has 19 heavy (non-hydrogen) atoms. The van der Waals surface area contributed by atoms with E-state index in [2.05, 4.69) is 12.2 Å². The van der Waals surface area contributed by atoms with Crippen LogP contribution < -0.4 is 0 Å². The van der Waals surface area contributed by atoms with Crippen LogP contribution >= 0.6 is 11.6 Å². The molecule has 1 nitrogen and oxygen atoms in total. The lowest BCUT2D eigenvalue weighted by Gasteiger charge is -2.34. The molecule has 0 heterocycles. The maximum absolute atomic E-state index is 13.3. The molecule has 0 amide bonds. The van der Waals surface area contributed by atoms with Gasteiger partial charge in [-0.05, 0) is 60.4 Å². The van der Waals surface area contributed by atoms with Crippen LogP contribution in [-0.4, -0.2) is 5.71 Å². The molecule has 0 aromatic heterocycles. The van der Waals surface area contributed by atoms with Gasteiger partial charge in [-0.3, -0.25) is 0 Å². The highest BCUT2D eigenvalue weighted by atomic mass is 35.5. The summed E-state index contributed by atoms with van der Waals surface area (Å²) in [4.78, 5) is 0. The summed E-state index contributed by atoms with van der Waals surface area (Å²) in [7, 11) is 0. The lowest BCUT2D eigenvalue weighted by atomic mass is 9.70. The first-order chi connectivity index (χ1) is 9.15. The summed E-state index contributed by atoms with van der Waals surface area (Å²) < 4.78 is 13.3. The molecule has 2 unspecified atom stereocenters. The Bertz CT molecular complexity index is 588. The molecule has 1 N–H and O–H groups in total. The van der Waals surface area contributed by atoms with Gasteiger partial charge < -0.3 is 5.41 Å². The number of hydrogen-bond acceptors (Lipinski definition) is 1. The minimum absolute atomic E-state index is 0.173. The van der Waals surface area contributed by atoms with Crippen LogP contribution in [0.2, 0.25) is 5.02 Å². The van der Waals surface area contributed by atoms with Gasteiger partial charge >= 0.3 is 0 Å². The van der Waals surface area contributed by atoms with Crippen LogP contribution in [0.4, 0.5) is 4.39 Å². The summed E-state index contributed by atoms with van der Waals surface area (Å²) in [5.74, 6) is 0.298. The molecule has 2 aliphatic carbocycles. The number of allylic oxidation sites excluding steroid dienone is 4. The fourth-order valence-corrected chi connectivity index (χ4v) is 3.30. The van der Waals surface area contributed by atoms with Crippen molar-refractivity contribution in [1.29, 1.82) is 5.41 Å². The summed E-state index contributed by atoms with van der Waals surface area (Å²) in [5.41, 5.74) is 2.92. The number of nitrogens with one attached hydrogen (secondary N) is 1. The van der Waals surface area contributed by atoms with Gasteiger partial charge in [-0.15, -0.1) is 0 Å². The van der Waals surface area contributed by atoms with Crippen LogP contribution in [-0.2, 0) is 0 Å². The van der Waals surface area contributed by atoms with Crippen LogP contribution in [0.3, 0.4) is 0 Å². The Balaban J connectivity index is 2.00. The van der Waals surface area contributed by atoms with E-state index in [1.165, 1.54) is 11.6 Å². The van der Waals surface area contributed by atoms with E-state index >= 15 is 0 Å². The third kappa shape index (κ3) is 2.37. The number of fused-ring (bicyclic) bond motifs is 1. The Labute approximate surface area is 117 Å². The van der Waals surface area contributed by atoms with Crippen molar-refractivity contribution in [1.82, 2.24) is 0 Å². The average Bonchev–Trinajstić information content (AvgIpc) is 2.41. The standard InChI is InChI=1S/C16H15ClFN/c17-15-8-11(5-6-16(15)18)14-9-12(19)7-10-3-1-2-4-13(10)14/h1,3,5-8,13-14,19H,2,4,9H2. The van der Waals surface area contributed by atoms with Crippen molar-refractivity contribution < 1.29 is 4.39 Å². The van der Waals surface area contributed by atoms with Crippen molar-refractivity contribution in [3.63, 3.8) is 0 Å². The van der Waals surface area contributed by atoms with Gasteiger partial charge in [0, 0.05) is 5.71 Å². The van der Waals surface area contributed by atoms with Crippen LogP contribution in [0.1, 0.15) is 30.7 Å². The number of halogens is 2. The van der Waals surface area contributed by atoms with Crippen molar-refractivity contribution in [2.24, 2.45) is 5.92 Å². The summed E-state index contributed by atoms with van der Waals surface area (Å²) in [6.07, 6.45) is 9.14. The van der Waals surface area contributed by atoms with Crippen LogP contribution in [0.25, 0.3) is 0 Å². The van der Waals surface area contributed by atoms with E-state index in [1.54, 1.807) is 12.1 Å². The van der Waals surface area contributed by atoms with E-state index in [0.29, 0.717) is 18.1 Å². The molecule has 3 rings (SSSR count). The molecular weight excluding hydrogens is 261 g/mol. The Morgan fingerprint density at radius 3 is 2.89 bits per heavy atom. The van der Waals surface area contributed by atoms with Gasteiger partial charge in [0.2, 0.25) is 0 Å².